The fourth-order valence-electron chi connectivity index (χ4n) is 3.69. The number of ether oxygens (including phenoxy) is 1. The van der Waals surface area contributed by atoms with E-state index in [0.717, 1.165) is 23.4 Å². The minimum absolute atomic E-state index is 0.00580. The first kappa shape index (κ1) is 25.2. The molecule has 2 aliphatic rings. The van der Waals surface area contributed by atoms with Gasteiger partial charge in [-0.25, -0.2) is 9.59 Å². The van der Waals surface area contributed by atoms with Gasteiger partial charge in [-0.3, -0.25) is 19.9 Å². The number of thiophene rings is 1. The predicted molar refractivity (Wildman–Crippen MR) is 132 cm³/mol. The summed E-state index contributed by atoms with van der Waals surface area (Å²) in [6.45, 7) is 1.15. The highest BCUT2D eigenvalue weighted by molar-refractivity contribution is 7.14. The van der Waals surface area contributed by atoms with Crippen molar-refractivity contribution in [2.24, 2.45) is 10.9 Å². The van der Waals surface area contributed by atoms with Gasteiger partial charge in [-0.2, -0.15) is 0 Å². The van der Waals surface area contributed by atoms with Crippen molar-refractivity contribution in [1.82, 2.24) is 21.3 Å². The van der Waals surface area contributed by atoms with Crippen LogP contribution in [0.1, 0.15) is 38.9 Å². The third kappa shape index (κ3) is 6.81. The maximum atomic E-state index is 12.6. The van der Waals surface area contributed by atoms with Crippen molar-refractivity contribution >= 4 is 41.2 Å². The number of amides is 3. The van der Waals surface area contributed by atoms with E-state index in [1.807, 2.05) is 12.1 Å². The molecule has 1 aromatic carbocycles. The van der Waals surface area contributed by atoms with Crippen LogP contribution in [0, 0.1) is 5.92 Å². The number of carboxylic acids is 1. The number of carbonyl (C=O) groups excluding carboxylic acids is 3. The fraction of sp³-hybridized carbons (Fsp3) is 0.375. The molecular formula is C24H27N5O6S. The molecule has 1 aliphatic heterocycles. The molecule has 190 valence electrons. The third-order valence-electron chi connectivity index (χ3n) is 5.75. The molecule has 12 heteroatoms. The first-order chi connectivity index (χ1) is 17.4. The smallest absolute Gasteiger partial charge is 0.408 e. The van der Waals surface area contributed by atoms with E-state index in [-0.39, 0.29) is 30.9 Å². The molecule has 3 atom stereocenters. The monoisotopic (exact) mass is 513 g/mol. The van der Waals surface area contributed by atoms with Gasteiger partial charge in [-0.15, -0.1) is 11.3 Å². The van der Waals surface area contributed by atoms with Crippen LogP contribution in [-0.4, -0.2) is 60.6 Å². The van der Waals surface area contributed by atoms with E-state index in [2.05, 4.69) is 26.3 Å². The zero-order valence-electron chi connectivity index (χ0n) is 19.4. The molecule has 1 aliphatic carbocycles. The SMILES string of the molecule is O=C(N[C@@H](CNC(=O)c1ccc(C2CC2C(=O)NC2=NCCCN2)s1)C(=O)O)OCc1ccccc1. The second-order valence-corrected chi connectivity index (χ2v) is 9.57. The number of aliphatic carboxylic acids is 1. The molecule has 2 unspecified atom stereocenters. The standard InChI is InChI=1S/C24H27N5O6S/c30-20(29-23-25-9-4-10-26-23)16-11-15(16)18-7-8-19(36-18)21(31)27-12-17(22(32)33)28-24(34)35-13-14-5-2-1-3-6-14/h1-3,5-8,15-17H,4,9-13H2,(H,27,31)(H,28,34)(H,32,33)(H2,25,26,29,30)/t15?,16?,17-/m0/s1. The van der Waals surface area contributed by atoms with Gasteiger partial charge in [-0.1, -0.05) is 30.3 Å². The van der Waals surface area contributed by atoms with Crippen LogP contribution >= 0.6 is 11.3 Å². The van der Waals surface area contributed by atoms with Gasteiger partial charge in [0.2, 0.25) is 5.91 Å². The number of nitrogens with one attached hydrogen (secondary N) is 4. The van der Waals surface area contributed by atoms with Crippen LogP contribution in [0.3, 0.4) is 0 Å². The number of carbonyl (C=O) groups is 4. The molecule has 5 N–H and O–H groups in total. The average Bonchev–Trinajstić information content (AvgIpc) is 3.54. The van der Waals surface area contributed by atoms with E-state index in [9.17, 15) is 24.3 Å². The molecule has 0 radical (unpaired) electrons. The molecule has 36 heavy (non-hydrogen) atoms. The molecule has 0 saturated heterocycles. The minimum Gasteiger partial charge on any atom is -0.480 e. The van der Waals surface area contributed by atoms with Crippen LogP contribution in [0.5, 0.6) is 0 Å². The molecular weight excluding hydrogens is 486 g/mol. The summed E-state index contributed by atoms with van der Waals surface area (Å²) in [7, 11) is 0. The van der Waals surface area contributed by atoms with E-state index in [0.29, 0.717) is 23.8 Å². The Kier molecular flexibility index (Phi) is 8.16. The highest BCUT2D eigenvalue weighted by Gasteiger charge is 2.45. The fourth-order valence-corrected chi connectivity index (χ4v) is 4.79. The van der Waals surface area contributed by atoms with Gasteiger partial charge >= 0.3 is 12.1 Å². The second kappa shape index (κ2) is 11.7. The zero-order chi connectivity index (χ0) is 25.5. The Bertz CT molecular complexity index is 1150. The van der Waals surface area contributed by atoms with Crippen molar-refractivity contribution in [3.8, 4) is 0 Å². The van der Waals surface area contributed by atoms with Gasteiger partial charge in [0, 0.05) is 36.3 Å². The predicted octanol–water partition coefficient (Wildman–Crippen LogP) is 1.43. The van der Waals surface area contributed by atoms with Crippen molar-refractivity contribution in [2.45, 2.75) is 31.4 Å². The lowest BCUT2D eigenvalue weighted by Crippen LogP contribution is -2.48. The number of rotatable bonds is 9. The largest absolute Gasteiger partial charge is 0.480 e. The Morgan fingerprint density at radius 3 is 2.69 bits per heavy atom. The van der Waals surface area contributed by atoms with Crippen LogP contribution in [0.15, 0.2) is 47.5 Å². The number of hydrogen-bond donors (Lipinski definition) is 5. The van der Waals surface area contributed by atoms with Crippen LogP contribution in [0.25, 0.3) is 0 Å². The molecule has 0 bridgehead atoms. The van der Waals surface area contributed by atoms with Gasteiger partial charge in [0.05, 0.1) is 4.88 Å². The number of aliphatic imine (C=N–C) groups is 1. The number of hydrogen-bond acceptors (Lipinski definition) is 8. The van der Waals surface area contributed by atoms with Crippen molar-refractivity contribution in [3.05, 3.63) is 57.8 Å². The Morgan fingerprint density at radius 1 is 1.17 bits per heavy atom. The van der Waals surface area contributed by atoms with Gasteiger partial charge in [-0.05, 0) is 30.5 Å². The van der Waals surface area contributed by atoms with Crippen molar-refractivity contribution in [1.29, 1.82) is 0 Å². The lowest BCUT2D eigenvalue weighted by molar-refractivity contribution is -0.139. The summed E-state index contributed by atoms with van der Waals surface area (Å²) < 4.78 is 5.05. The second-order valence-electron chi connectivity index (χ2n) is 8.46. The lowest BCUT2D eigenvalue weighted by atomic mass is 10.2. The summed E-state index contributed by atoms with van der Waals surface area (Å²) in [5.74, 6) is -1.49. The summed E-state index contributed by atoms with van der Waals surface area (Å²) in [6.07, 6.45) is 0.732. The van der Waals surface area contributed by atoms with E-state index < -0.39 is 24.0 Å². The topological polar surface area (TPSA) is 158 Å². The highest BCUT2D eigenvalue weighted by Crippen LogP contribution is 2.49. The maximum Gasteiger partial charge on any atom is 0.408 e. The van der Waals surface area contributed by atoms with Gasteiger partial charge in [0.1, 0.15) is 12.6 Å². The average molecular weight is 514 g/mol. The zero-order valence-corrected chi connectivity index (χ0v) is 20.2. The number of guanidine groups is 1. The van der Waals surface area contributed by atoms with E-state index in [1.165, 1.54) is 11.3 Å². The summed E-state index contributed by atoms with van der Waals surface area (Å²) in [4.78, 5) is 54.1. The van der Waals surface area contributed by atoms with E-state index in [1.54, 1.807) is 30.3 Å². The molecule has 1 fully saturated rings. The normalized spacial score (nSPS) is 19.2. The Hall–Kier alpha value is -3.93. The third-order valence-corrected chi connectivity index (χ3v) is 6.97. The maximum absolute atomic E-state index is 12.6. The quantitative estimate of drug-likeness (QED) is 0.339. The van der Waals surface area contributed by atoms with Crippen LogP contribution in [-0.2, 0) is 20.9 Å². The minimum atomic E-state index is -1.36. The Morgan fingerprint density at radius 2 is 1.97 bits per heavy atom. The summed E-state index contributed by atoms with van der Waals surface area (Å²) in [5, 5.41) is 20.1. The number of alkyl carbamates (subject to hydrolysis) is 1. The lowest BCUT2D eigenvalue weighted by Gasteiger charge is -2.15. The van der Waals surface area contributed by atoms with Crippen molar-refractivity contribution in [2.75, 3.05) is 19.6 Å². The molecule has 2 aromatic rings. The molecule has 3 amide bonds. The number of carboxylic acid groups (broad SMARTS) is 1. The molecule has 0 spiro atoms. The Labute approximate surface area is 211 Å². The van der Waals surface area contributed by atoms with Crippen LogP contribution in [0.4, 0.5) is 4.79 Å². The summed E-state index contributed by atoms with van der Waals surface area (Å²) in [5.41, 5.74) is 0.760. The number of benzene rings is 1. The number of nitrogens with zero attached hydrogens (tertiary/aromatic N) is 1. The van der Waals surface area contributed by atoms with Gasteiger partial charge < -0.3 is 25.8 Å². The highest BCUT2D eigenvalue weighted by atomic mass is 32.1. The van der Waals surface area contributed by atoms with Crippen LogP contribution < -0.4 is 21.3 Å². The molecule has 2 heterocycles. The molecule has 11 nitrogen and oxygen atoms in total. The van der Waals surface area contributed by atoms with Crippen LogP contribution in [0.2, 0.25) is 0 Å². The van der Waals surface area contributed by atoms with Gasteiger partial charge in [0.25, 0.3) is 5.91 Å². The summed E-state index contributed by atoms with van der Waals surface area (Å²) in [6, 6.07) is 11.1. The van der Waals surface area contributed by atoms with E-state index >= 15 is 0 Å². The van der Waals surface area contributed by atoms with Gasteiger partial charge in [0.15, 0.2) is 5.96 Å². The molecule has 4 rings (SSSR count). The van der Waals surface area contributed by atoms with E-state index in [4.69, 9.17) is 4.74 Å². The Balaban J connectivity index is 1.23. The summed E-state index contributed by atoms with van der Waals surface area (Å²) >= 11 is 1.26. The van der Waals surface area contributed by atoms with Crippen molar-refractivity contribution in [3.63, 3.8) is 0 Å². The van der Waals surface area contributed by atoms with Crippen molar-refractivity contribution < 1.29 is 29.0 Å². The molecule has 1 aromatic heterocycles. The first-order valence-corrected chi connectivity index (χ1v) is 12.4. The first-order valence-electron chi connectivity index (χ1n) is 11.6. The molecule has 1 saturated carbocycles.